The van der Waals surface area contributed by atoms with Gasteiger partial charge in [0.05, 0.1) is 0 Å². The number of nitrogens with zero attached hydrogens (tertiary/aromatic N) is 1. The molecule has 1 saturated heterocycles. The zero-order valence-corrected chi connectivity index (χ0v) is 15.2. The van der Waals surface area contributed by atoms with Gasteiger partial charge in [-0.15, -0.1) is 0 Å². The number of esters is 1. The highest BCUT2D eigenvalue weighted by atomic mass is 32.2. The van der Waals surface area contributed by atoms with Crippen LogP contribution in [0, 0.1) is 0 Å². The number of amides is 1. The van der Waals surface area contributed by atoms with E-state index >= 15 is 0 Å². The van der Waals surface area contributed by atoms with Gasteiger partial charge in [-0.2, -0.15) is 22.0 Å². The molecule has 1 amide bonds. The van der Waals surface area contributed by atoms with Gasteiger partial charge in [0.2, 0.25) is 0 Å². The molecule has 1 aliphatic rings. The molecule has 8 nitrogen and oxygen atoms in total. The molecule has 1 fully saturated rings. The Morgan fingerprint density at radius 2 is 1.67 bits per heavy atom. The maximum absolute atomic E-state index is 13.4. The maximum Gasteiger partial charge on any atom is 0.432 e. The van der Waals surface area contributed by atoms with Gasteiger partial charge in [-0.1, -0.05) is 0 Å². The molecule has 2 unspecified atom stereocenters. The second kappa shape index (κ2) is 7.37. The van der Waals surface area contributed by atoms with Crippen LogP contribution in [0.3, 0.4) is 0 Å². The van der Waals surface area contributed by atoms with Crippen LogP contribution in [0.15, 0.2) is 0 Å². The quantitative estimate of drug-likeness (QED) is 0.384. The van der Waals surface area contributed by atoms with E-state index < -0.39 is 51.4 Å². The lowest BCUT2D eigenvalue weighted by molar-refractivity contribution is -0.260. The summed E-state index contributed by atoms with van der Waals surface area (Å²) in [6.45, 7) is 4.32. The van der Waals surface area contributed by atoms with E-state index in [9.17, 15) is 44.5 Å². The van der Waals surface area contributed by atoms with Crippen molar-refractivity contribution in [3.63, 3.8) is 0 Å². The second-order valence-corrected chi connectivity index (χ2v) is 8.16. The minimum Gasteiger partial charge on any atom is -0.743 e. The maximum atomic E-state index is 13.4. The van der Waals surface area contributed by atoms with Gasteiger partial charge in [0.25, 0.3) is 6.10 Å². The molecule has 0 bridgehead atoms. The molecule has 0 aromatic heterocycles. The fourth-order valence-electron chi connectivity index (χ4n) is 2.20. The first-order chi connectivity index (χ1) is 11.9. The topological polar surface area (TPSA) is 113 Å². The highest BCUT2D eigenvalue weighted by molar-refractivity contribution is 7.86. The van der Waals surface area contributed by atoms with E-state index in [1.807, 2.05) is 0 Å². The molecule has 0 radical (unpaired) electrons. The van der Waals surface area contributed by atoms with Crippen LogP contribution < -0.4 is 0 Å². The number of likely N-dealkylation sites (tertiary alicyclic amines) is 1. The Hall–Kier alpha value is -1.70. The monoisotopic (exact) mass is 426 g/mol. The fraction of sp³-hybridized carbons (Fsp3) is 0.846. The first-order valence-corrected chi connectivity index (χ1v) is 8.89. The Labute approximate surface area is 151 Å². The third-order valence-corrected chi connectivity index (χ3v) is 4.20. The number of halogens is 5. The highest BCUT2D eigenvalue weighted by Crippen LogP contribution is 2.38. The van der Waals surface area contributed by atoms with Crippen molar-refractivity contribution in [1.82, 2.24) is 4.90 Å². The van der Waals surface area contributed by atoms with E-state index in [0.717, 1.165) is 0 Å². The summed E-state index contributed by atoms with van der Waals surface area (Å²) in [7, 11) is -6.79. The third-order valence-electron chi connectivity index (χ3n) is 3.32. The van der Waals surface area contributed by atoms with Gasteiger partial charge in [0.1, 0.15) is 11.6 Å². The molecule has 0 spiro atoms. The summed E-state index contributed by atoms with van der Waals surface area (Å²) in [5.41, 5.74) is -1.01. The van der Waals surface area contributed by atoms with E-state index in [4.69, 9.17) is 4.74 Å². The summed E-state index contributed by atoms with van der Waals surface area (Å²) < 4.78 is 105. The Bertz CT molecular complexity index is 686. The molecule has 1 aliphatic heterocycles. The smallest absolute Gasteiger partial charge is 0.432 e. The molecule has 0 N–H and O–H groups in total. The molecule has 1 rings (SSSR count). The minimum absolute atomic E-state index is 0.123. The Balaban J connectivity index is 3.07. The average molecular weight is 426 g/mol. The Morgan fingerprint density at radius 3 is 2.07 bits per heavy atom. The van der Waals surface area contributed by atoms with Crippen molar-refractivity contribution in [2.45, 2.75) is 62.8 Å². The molecule has 0 aromatic rings. The molecular weight excluding hydrogens is 409 g/mol. The van der Waals surface area contributed by atoms with Gasteiger partial charge < -0.3 is 14.0 Å². The Morgan fingerprint density at radius 1 is 1.15 bits per heavy atom. The normalized spacial score (nSPS) is 20.3. The van der Waals surface area contributed by atoms with Crippen molar-refractivity contribution in [2.75, 3.05) is 6.54 Å². The summed E-state index contributed by atoms with van der Waals surface area (Å²) in [6.07, 6.45) is -11.7. The standard InChI is InChI=1S/C13H18F5NO7S/c1-11(2,3)26-10(21)19-6-4-5-7(19)8(20)25-9(12(14,15)16)13(17,18)27(22,23)24/h7,9H,4-6H2,1-3H3,(H,22,23,24)/p-1. The first kappa shape index (κ1) is 23.3. The highest BCUT2D eigenvalue weighted by Gasteiger charge is 2.63. The van der Waals surface area contributed by atoms with Crippen LogP contribution in [0.4, 0.5) is 26.7 Å². The second-order valence-electron chi connectivity index (χ2n) is 6.71. The van der Waals surface area contributed by atoms with Crippen molar-refractivity contribution in [1.29, 1.82) is 0 Å². The average Bonchev–Trinajstić information content (AvgIpc) is 2.89. The molecule has 0 saturated carbocycles. The molecule has 27 heavy (non-hydrogen) atoms. The SMILES string of the molecule is CC(C)(C)OC(=O)N1CCCC1C(=O)OC(C(F)(F)F)C(F)(F)S(=O)(=O)[O-]. The van der Waals surface area contributed by atoms with E-state index in [1.165, 1.54) is 20.8 Å². The fourth-order valence-corrected chi connectivity index (χ4v) is 2.65. The van der Waals surface area contributed by atoms with Gasteiger partial charge in [-0.3, -0.25) is 4.90 Å². The zero-order chi connectivity index (χ0) is 21.4. The summed E-state index contributed by atoms with van der Waals surface area (Å²) in [5.74, 6) is -1.93. The lowest BCUT2D eigenvalue weighted by atomic mass is 10.2. The zero-order valence-electron chi connectivity index (χ0n) is 14.4. The number of rotatable bonds is 4. The minimum atomic E-state index is -6.79. The lowest BCUT2D eigenvalue weighted by Crippen LogP contribution is -2.54. The van der Waals surface area contributed by atoms with E-state index in [2.05, 4.69) is 4.74 Å². The van der Waals surface area contributed by atoms with Crippen LogP contribution >= 0.6 is 0 Å². The van der Waals surface area contributed by atoms with Crippen LogP contribution in [0.1, 0.15) is 33.6 Å². The number of hydrogen-bond acceptors (Lipinski definition) is 7. The van der Waals surface area contributed by atoms with Crippen LogP contribution in [-0.2, 0) is 24.4 Å². The van der Waals surface area contributed by atoms with Gasteiger partial charge in [-0.05, 0) is 33.6 Å². The van der Waals surface area contributed by atoms with Crippen LogP contribution in [-0.4, -0.2) is 65.7 Å². The molecule has 0 aromatic carbocycles. The number of ether oxygens (including phenoxy) is 2. The summed E-state index contributed by atoms with van der Waals surface area (Å²) >= 11 is 0. The molecule has 14 heteroatoms. The van der Waals surface area contributed by atoms with Gasteiger partial charge >= 0.3 is 23.5 Å². The van der Waals surface area contributed by atoms with Crippen molar-refractivity contribution in [3.05, 3.63) is 0 Å². The van der Waals surface area contributed by atoms with E-state index in [1.54, 1.807) is 0 Å². The molecule has 2 atom stereocenters. The van der Waals surface area contributed by atoms with Crippen molar-refractivity contribution in [2.24, 2.45) is 0 Å². The van der Waals surface area contributed by atoms with Crippen LogP contribution in [0.5, 0.6) is 0 Å². The largest absolute Gasteiger partial charge is 0.743 e. The predicted molar refractivity (Wildman–Crippen MR) is 76.5 cm³/mol. The van der Waals surface area contributed by atoms with Crippen molar-refractivity contribution < 1.29 is 54.0 Å². The molecular formula is C13H17F5NO7S-. The molecule has 1 heterocycles. The van der Waals surface area contributed by atoms with Gasteiger partial charge in [-0.25, -0.2) is 18.0 Å². The number of carbonyl (C=O) groups excluding carboxylic acids is 2. The van der Waals surface area contributed by atoms with Gasteiger partial charge in [0.15, 0.2) is 10.1 Å². The molecule has 0 aliphatic carbocycles. The predicted octanol–water partition coefficient (Wildman–Crippen LogP) is 2.00. The first-order valence-electron chi connectivity index (χ1n) is 7.48. The Kier molecular flexibility index (Phi) is 6.37. The third kappa shape index (κ3) is 5.64. The van der Waals surface area contributed by atoms with Crippen LogP contribution in [0.25, 0.3) is 0 Å². The number of hydrogen-bond donors (Lipinski definition) is 0. The van der Waals surface area contributed by atoms with E-state index in [-0.39, 0.29) is 19.4 Å². The summed E-state index contributed by atoms with van der Waals surface area (Å²) in [4.78, 5) is 24.6. The van der Waals surface area contributed by atoms with Crippen molar-refractivity contribution in [3.8, 4) is 0 Å². The van der Waals surface area contributed by atoms with Crippen LogP contribution in [0.2, 0.25) is 0 Å². The number of carbonyl (C=O) groups is 2. The summed E-state index contributed by atoms with van der Waals surface area (Å²) in [6, 6.07) is -1.70. The number of alkyl halides is 5. The lowest BCUT2D eigenvalue weighted by Gasteiger charge is -2.32. The molecule has 158 valence electrons. The van der Waals surface area contributed by atoms with Crippen molar-refractivity contribution >= 4 is 22.2 Å². The summed E-state index contributed by atoms with van der Waals surface area (Å²) in [5, 5.41) is -5.95. The van der Waals surface area contributed by atoms with E-state index in [0.29, 0.717) is 4.90 Å². The van der Waals surface area contributed by atoms with Gasteiger partial charge in [0, 0.05) is 6.54 Å².